The first-order valence-corrected chi connectivity index (χ1v) is 4.24. The molecule has 0 bridgehead atoms. The van der Waals surface area contributed by atoms with Crippen molar-refractivity contribution in [2.75, 3.05) is 0 Å². The number of nitrogens with two attached hydrogens (primary N) is 2. The fourth-order valence-corrected chi connectivity index (χ4v) is 1.27. The summed E-state index contributed by atoms with van der Waals surface area (Å²) >= 11 is 0. The minimum absolute atomic E-state index is 0.0423. The summed E-state index contributed by atoms with van der Waals surface area (Å²) < 4.78 is 0. The monoisotopic (exact) mass is 192 g/mol. The Morgan fingerprint density at radius 1 is 1.14 bits per heavy atom. The van der Waals surface area contributed by atoms with E-state index in [1.165, 1.54) is 0 Å². The van der Waals surface area contributed by atoms with Crippen LogP contribution in [0.2, 0.25) is 0 Å². The minimum atomic E-state index is -0.617. The fourth-order valence-electron chi connectivity index (χ4n) is 1.27. The van der Waals surface area contributed by atoms with Crippen LogP contribution in [0.1, 0.15) is 17.9 Å². The van der Waals surface area contributed by atoms with Gasteiger partial charge in [0, 0.05) is 6.42 Å². The van der Waals surface area contributed by atoms with Gasteiger partial charge in [0.1, 0.15) is 0 Å². The second-order valence-electron chi connectivity index (χ2n) is 3.04. The molecule has 1 aromatic carbocycles. The lowest BCUT2D eigenvalue weighted by atomic mass is 9.95. The number of carbonyl (C=O) groups excluding carboxylic acids is 2. The molecule has 0 heterocycles. The molecule has 0 aliphatic carbocycles. The van der Waals surface area contributed by atoms with E-state index in [0.717, 1.165) is 5.56 Å². The van der Waals surface area contributed by atoms with E-state index in [-0.39, 0.29) is 6.42 Å². The van der Waals surface area contributed by atoms with Gasteiger partial charge in [-0.3, -0.25) is 9.59 Å². The number of rotatable bonds is 4. The van der Waals surface area contributed by atoms with Gasteiger partial charge < -0.3 is 11.5 Å². The summed E-state index contributed by atoms with van der Waals surface area (Å²) in [5.74, 6) is -1.68. The van der Waals surface area contributed by atoms with Gasteiger partial charge in [-0.25, -0.2) is 0 Å². The second-order valence-corrected chi connectivity index (χ2v) is 3.04. The van der Waals surface area contributed by atoms with Crippen LogP contribution in [0.15, 0.2) is 30.3 Å². The SMILES string of the molecule is NC(=O)CC(C(N)=O)c1ccccc1. The first kappa shape index (κ1) is 10.2. The molecule has 1 unspecified atom stereocenters. The third-order valence-electron chi connectivity index (χ3n) is 1.95. The van der Waals surface area contributed by atoms with Crippen molar-refractivity contribution < 1.29 is 9.59 Å². The van der Waals surface area contributed by atoms with Crippen molar-refractivity contribution in [3.8, 4) is 0 Å². The maximum absolute atomic E-state index is 11.0. The highest BCUT2D eigenvalue weighted by Gasteiger charge is 2.19. The summed E-state index contributed by atoms with van der Waals surface area (Å²) in [6.45, 7) is 0. The van der Waals surface area contributed by atoms with Gasteiger partial charge in [-0.15, -0.1) is 0 Å². The van der Waals surface area contributed by atoms with Gasteiger partial charge in [-0.05, 0) is 5.56 Å². The summed E-state index contributed by atoms with van der Waals surface area (Å²) in [6, 6.07) is 8.89. The van der Waals surface area contributed by atoms with Crippen LogP contribution in [0.3, 0.4) is 0 Å². The van der Waals surface area contributed by atoms with E-state index in [1.807, 2.05) is 6.07 Å². The van der Waals surface area contributed by atoms with Gasteiger partial charge in [0.2, 0.25) is 11.8 Å². The van der Waals surface area contributed by atoms with E-state index in [0.29, 0.717) is 0 Å². The highest BCUT2D eigenvalue weighted by atomic mass is 16.2. The van der Waals surface area contributed by atoms with E-state index in [2.05, 4.69) is 0 Å². The Kier molecular flexibility index (Phi) is 3.23. The zero-order chi connectivity index (χ0) is 10.6. The first-order valence-electron chi connectivity index (χ1n) is 4.24. The molecule has 1 aromatic rings. The quantitative estimate of drug-likeness (QED) is 0.710. The van der Waals surface area contributed by atoms with Gasteiger partial charge >= 0.3 is 0 Å². The van der Waals surface area contributed by atoms with E-state index >= 15 is 0 Å². The van der Waals surface area contributed by atoms with Crippen molar-refractivity contribution in [1.29, 1.82) is 0 Å². The number of primary amides is 2. The molecule has 74 valence electrons. The molecule has 1 rings (SSSR count). The smallest absolute Gasteiger partial charge is 0.225 e. The Labute approximate surface area is 81.9 Å². The predicted molar refractivity (Wildman–Crippen MR) is 52.2 cm³/mol. The van der Waals surface area contributed by atoms with Crippen LogP contribution < -0.4 is 11.5 Å². The zero-order valence-corrected chi connectivity index (χ0v) is 7.64. The first-order chi connectivity index (χ1) is 6.61. The molecule has 0 fully saturated rings. The number of benzene rings is 1. The van der Waals surface area contributed by atoms with Crippen molar-refractivity contribution in [2.24, 2.45) is 11.5 Å². The standard InChI is InChI=1S/C10H12N2O2/c11-9(13)6-8(10(12)14)7-4-2-1-3-5-7/h1-5,8H,6H2,(H2,11,13)(H2,12,14). The summed E-state index contributed by atoms with van der Waals surface area (Å²) in [7, 11) is 0. The van der Waals surface area contributed by atoms with Crippen LogP contribution in [0.25, 0.3) is 0 Å². The van der Waals surface area contributed by atoms with Crippen LogP contribution in [0, 0.1) is 0 Å². The summed E-state index contributed by atoms with van der Waals surface area (Å²) in [5.41, 5.74) is 10.9. The van der Waals surface area contributed by atoms with Crippen LogP contribution in [-0.4, -0.2) is 11.8 Å². The average molecular weight is 192 g/mol. The highest BCUT2D eigenvalue weighted by Crippen LogP contribution is 2.18. The van der Waals surface area contributed by atoms with Gasteiger partial charge in [-0.2, -0.15) is 0 Å². The Morgan fingerprint density at radius 3 is 2.14 bits per heavy atom. The van der Waals surface area contributed by atoms with Crippen LogP contribution in [-0.2, 0) is 9.59 Å². The molecule has 4 nitrogen and oxygen atoms in total. The maximum Gasteiger partial charge on any atom is 0.225 e. The molecule has 0 saturated heterocycles. The molecular weight excluding hydrogens is 180 g/mol. The van der Waals surface area contributed by atoms with Crippen molar-refractivity contribution >= 4 is 11.8 Å². The van der Waals surface area contributed by atoms with Crippen molar-refractivity contribution in [2.45, 2.75) is 12.3 Å². The third-order valence-corrected chi connectivity index (χ3v) is 1.95. The van der Waals surface area contributed by atoms with Crippen molar-refractivity contribution in [3.05, 3.63) is 35.9 Å². The normalized spacial score (nSPS) is 12.0. The third kappa shape index (κ3) is 2.58. The molecular formula is C10H12N2O2. The molecule has 0 aliphatic heterocycles. The van der Waals surface area contributed by atoms with E-state index < -0.39 is 17.7 Å². The molecule has 0 aromatic heterocycles. The Hall–Kier alpha value is -1.84. The average Bonchev–Trinajstić information content (AvgIpc) is 2.15. The molecule has 0 radical (unpaired) electrons. The van der Waals surface area contributed by atoms with Gasteiger partial charge in [0.05, 0.1) is 5.92 Å². The topological polar surface area (TPSA) is 86.2 Å². The van der Waals surface area contributed by atoms with E-state index in [1.54, 1.807) is 24.3 Å². The van der Waals surface area contributed by atoms with E-state index in [4.69, 9.17) is 11.5 Å². The largest absolute Gasteiger partial charge is 0.370 e. The lowest BCUT2D eigenvalue weighted by Crippen LogP contribution is -2.26. The lowest BCUT2D eigenvalue weighted by Gasteiger charge is -2.10. The van der Waals surface area contributed by atoms with E-state index in [9.17, 15) is 9.59 Å². The number of hydrogen-bond acceptors (Lipinski definition) is 2. The summed E-state index contributed by atoms with van der Waals surface area (Å²) in [6.07, 6.45) is -0.0423. The number of carbonyl (C=O) groups is 2. The van der Waals surface area contributed by atoms with Gasteiger partial charge in [0.25, 0.3) is 0 Å². The maximum atomic E-state index is 11.0. The minimum Gasteiger partial charge on any atom is -0.370 e. The Morgan fingerprint density at radius 2 is 1.71 bits per heavy atom. The molecule has 2 amide bonds. The predicted octanol–water partition coefficient (Wildman–Crippen LogP) is 0.131. The number of amides is 2. The van der Waals surface area contributed by atoms with Crippen LogP contribution in [0.5, 0.6) is 0 Å². The molecule has 0 spiro atoms. The lowest BCUT2D eigenvalue weighted by molar-refractivity contribution is -0.124. The summed E-state index contributed by atoms with van der Waals surface area (Å²) in [5, 5.41) is 0. The molecule has 4 N–H and O–H groups in total. The van der Waals surface area contributed by atoms with Crippen molar-refractivity contribution in [1.82, 2.24) is 0 Å². The Bertz CT molecular complexity index is 335. The van der Waals surface area contributed by atoms with Crippen LogP contribution in [0.4, 0.5) is 0 Å². The molecule has 0 saturated carbocycles. The van der Waals surface area contributed by atoms with Crippen LogP contribution >= 0.6 is 0 Å². The molecule has 1 atom stereocenters. The van der Waals surface area contributed by atoms with Gasteiger partial charge in [0.15, 0.2) is 0 Å². The second kappa shape index (κ2) is 4.41. The number of hydrogen-bond donors (Lipinski definition) is 2. The Balaban J connectivity index is 2.89. The molecule has 0 aliphatic rings. The summed E-state index contributed by atoms with van der Waals surface area (Å²) in [4.78, 5) is 21.8. The highest BCUT2D eigenvalue weighted by molar-refractivity contribution is 5.88. The zero-order valence-electron chi connectivity index (χ0n) is 7.64. The fraction of sp³-hybridized carbons (Fsp3) is 0.200. The van der Waals surface area contributed by atoms with Gasteiger partial charge in [-0.1, -0.05) is 30.3 Å². The van der Waals surface area contributed by atoms with Crippen molar-refractivity contribution in [3.63, 3.8) is 0 Å². The molecule has 14 heavy (non-hydrogen) atoms. The molecule has 4 heteroatoms.